The van der Waals surface area contributed by atoms with Crippen molar-refractivity contribution in [3.63, 3.8) is 0 Å². The molecule has 0 aliphatic carbocycles. The van der Waals surface area contributed by atoms with Gasteiger partial charge in [0.1, 0.15) is 12.4 Å². The Morgan fingerprint density at radius 1 is 1.19 bits per heavy atom. The number of nitrogens with one attached hydrogen (secondary N) is 3. The number of thiazole rings is 1. The van der Waals surface area contributed by atoms with Gasteiger partial charge in [0.25, 0.3) is 0 Å². The summed E-state index contributed by atoms with van der Waals surface area (Å²) in [6, 6.07) is 10.2. The summed E-state index contributed by atoms with van der Waals surface area (Å²) in [6.45, 7) is 8.14. The molecule has 3 rings (SSSR count). The molecule has 2 heterocycles. The topological polar surface area (TPSA) is 78.0 Å². The Balaban J connectivity index is 0.00000261. The second-order valence-corrected chi connectivity index (χ2v) is 7.19. The van der Waals surface area contributed by atoms with Gasteiger partial charge in [0.2, 0.25) is 0 Å². The van der Waals surface area contributed by atoms with Crippen molar-refractivity contribution >= 4 is 41.3 Å². The van der Waals surface area contributed by atoms with Gasteiger partial charge >= 0.3 is 0 Å². The Kier molecular flexibility index (Phi) is 8.23. The standard InChI is InChI=1S/C19H24N6S.HI/c1-4-20-19(22-11-17-13(2)24-14(3)26-17)23-12-18-21-10-16(25-18)15-8-6-5-7-9-15;/h5-10H,4,11-12H2,1-3H3,(H,21,25)(H2,20,22,23);1H. The van der Waals surface area contributed by atoms with E-state index in [1.54, 1.807) is 11.3 Å². The normalized spacial score (nSPS) is 11.1. The number of halogens is 1. The molecule has 8 heteroatoms. The number of H-pyrrole nitrogens is 1. The van der Waals surface area contributed by atoms with Gasteiger partial charge in [0, 0.05) is 11.4 Å². The average molecular weight is 496 g/mol. The molecule has 3 aromatic rings. The number of benzene rings is 1. The summed E-state index contributed by atoms with van der Waals surface area (Å²) in [6.07, 6.45) is 1.85. The third-order valence-corrected chi connectivity index (χ3v) is 4.93. The summed E-state index contributed by atoms with van der Waals surface area (Å²) in [5, 5.41) is 7.73. The van der Waals surface area contributed by atoms with Gasteiger partial charge < -0.3 is 15.6 Å². The van der Waals surface area contributed by atoms with Crippen molar-refractivity contribution in [2.24, 2.45) is 4.99 Å². The number of hydrogen-bond acceptors (Lipinski definition) is 4. The molecule has 27 heavy (non-hydrogen) atoms. The SMILES string of the molecule is CCNC(=NCc1ncc(-c2ccccc2)[nH]1)NCc1sc(C)nc1C.I. The second kappa shape index (κ2) is 10.4. The van der Waals surface area contributed by atoms with Crippen LogP contribution in [0.1, 0.15) is 28.3 Å². The van der Waals surface area contributed by atoms with Gasteiger partial charge in [-0.1, -0.05) is 30.3 Å². The first-order valence-corrected chi connectivity index (χ1v) is 9.51. The van der Waals surface area contributed by atoms with Crippen LogP contribution in [0.25, 0.3) is 11.3 Å². The van der Waals surface area contributed by atoms with E-state index in [9.17, 15) is 0 Å². The van der Waals surface area contributed by atoms with E-state index in [-0.39, 0.29) is 24.0 Å². The third kappa shape index (κ3) is 6.03. The molecule has 0 saturated heterocycles. The van der Waals surface area contributed by atoms with Crippen LogP contribution in [-0.2, 0) is 13.1 Å². The van der Waals surface area contributed by atoms with Crippen LogP contribution in [0.4, 0.5) is 0 Å². The molecule has 0 saturated carbocycles. The van der Waals surface area contributed by atoms with Gasteiger partial charge in [0.05, 0.1) is 29.1 Å². The summed E-state index contributed by atoms with van der Waals surface area (Å²) >= 11 is 1.71. The fourth-order valence-corrected chi connectivity index (χ4v) is 3.48. The monoisotopic (exact) mass is 496 g/mol. The zero-order chi connectivity index (χ0) is 18.4. The lowest BCUT2D eigenvalue weighted by Crippen LogP contribution is -2.36. The average Bonchev–Trinajstić information content (AvgIpc) is 3.24. The summed E-state index contributed by atoms with van der Waals surface area (Å²) in [7, 11) is 0. The molecule has 0 aliphatic rings. The predicted molar refractivity (Wildman–Crippen MR) is 123 cm³/mol. The molecule has 0 spiro atoms. The Morgan fingerprint density at radius 2 is 1.96 bits per heavy atom. The molecular weight excluding hydrogens is 471 g/mol. The number of nitrogens with zero attached hydrogens (tertiary/aromatic N) is 3. The maximum Gasteiger partial charge on any atom is 0.191 e. The Morgan fingerprint density at radius 3 is 2.63 bits per heavy atom. The number of rotatable bonds is 6. The largest absolute Gasteiger partial charge is 0.357 e. The lowest BCUT2D eigenvalue weighted by molar-refractivity contribution is 0.810. The molecule has 0 amide bonds. The van der Waals surface area contributed by atoms with E-state index in [1.165, 1.54) is 4.88 Å². The van der Waals surface area contributed by atoms with Crippen molar-refractivity contribution in [2.45, 2.75) is 33.9 Å². The van der Waals surface area contributed by atoms with Crippen LogP contribution in [-0.4, -0.2) is 27.5 Å². The number of imidazole rings is 1. The van der Waals surface area contributed by atoms with E-state index >= 15 is 0 Å². The van der Waals surface area contributed by atoms with Gasteiger partial charge in [-0.3, -0.25) is 0 Å². The maximum absolute atomic E-state index is 4.63. The van der Waals surface area contributed by atoms with Gasteiger partial charge in [-0.15, -0.1) is 35.3 Å². The molecule has 0 unspecified atom stereocenters. The molecule has 0 radical (unpaired) electrons. The van der Waals surface area contributed by atoms with Gasteiger partial charge in [-0.05, 0) is 26.3 Å². The highest BCUT2D eigenvalue weighted by Crippen LogP contribution is 2.17. The fourth-order valence-electron chi connectivity index (χ4n) is 2.60. The van der Waals surface area contributed by atoms with Crippen LogP contribution < -0.4 is 10.6 Å². The molecule has 0 fully saturated rings. The van der Waals surface area contributed by atoms with Crippen molar-refractivity contribution in [1.82, 2.24) is 25.6 Å². The van der Waals surface area contributed by atoms with Crippen molar-refractivity contribution < 1.29 is 0 Å². The lowest BCUT2D eigenvalue weighted by atomic mass is 10.2. The maximum atomic E-state index is 4.63. The van der Waals surface area contributed by atoms with Crippen LogP contribution in [0.2, 0.25) is 0 Å². The number of aliphatic imine (C=N–C) groups is 1. The molecule has 0 aliphatic heterocycles. The molecule has 0 atom stereocenters. The van der Waals surface area contributed by atoms with Crippen LogP contribution in [0.3, 0.4) is 0 Å². The van der Waals surface area contributed by atoms with E-state index < -0.39 is 0 Å². The summed E-state index contributed by atoms with van der Waals surface area (Å²) < 4.78 is 0. The molecule has 0 bridgehead atoms. The van der Waals surface area contributed by atoms with Crippen LogP contribution in [0, 0.1) is 13.8 Å². The van der Waals surface area contributed by atoms with Crippen LogP contribution >= 0.6 is 35.3 Å². The molecule has 144 valence electrons. The summed E-state index contributed by atoms with van der Waals surface area (Å²) in [5.41, 5.74) is 3.20. The minimum atomic E-state index is 0. The first-order chi connectivity index (χ1) is 12.7. The minimum absolute atomic E-state index is 0. The molecule has 3 N–H and O–H groups in total. The van der Waals surface area contributed by atoms with Crippen molar-refractivity contribution in [1.29, 1.82) is 0 Å². The second-order valence-electron chi connectivity index (χ2n) is 5.90. The highest BCUT2D eigenvalue weighted by atomic mass is 127. The number of aromatic amines is 1. The van der Waals surface area contributed by atoms with Crippen LogP contribution in [0.15, 0.2) is 41.5 Å². The molecule has 1 aromatic carbocycles. The zero-order valence-corrected chi connectivity index (χ0v) is 18.9. The van der Waals surface area contributed by atoms with Crippen molar-refractivity contribution in [2.75, 3.05) is 6.54 Å². The van der Waals surface area contributed by atoms with E-state index in [1.807, 2.05) is 38.2 Å². The molecule has 6 nitrogen and oxygen atoms in total. The number of aryl methyl sites for hydroxylation is 2. The third-order valence-electron chi connectivity index (χ3n) is 3.86. The first-order valence-electron chi connectivity index (χ1n) is 8.70. The van der Waals surface area contributed by atoms with Gasteiger partial charge in [0.15, 0.2) is 5.96 Å². The predicted octanol–water partition coefficient (Wildman–Crippen LogP) is 4.02. The minimum Gasteiger partial charge on any atom is -0.357 e. The van der Waals surface area contributed by atoms with Crippen molar-refractivity contribution in [3.8, 4) is 11.3 Å². The number of guanidine groups is 1. The van der Waals surface area contributed by atoms with Gasteiger partial charge in [-0.2, -0.15) is 0 Å². The number of hydrogen-bond donors (Lipinski definition) is 3. The summed E-state index contributed by atoms with van der Waals surface area (Å²) in [4.78, 5) is 18.1. The quantitative estimate of drug-likeness (QED) is 0.274. The summed E-state index contributed by atoms with van der Waals surface area (Å²) in [5.74, 6) is 1.61. The van der Waals surface area contributed by atoms with Gasteiger partial charge in [-0.25, -0.2) is 15.0 Å². The first kappa shape index (κ1) is 21.4. The highest BCUT2D eigenvalue weighted by Gasteiger charge is 2.07. The Hall–Kier alpha value is -1.94. The lowest BCUT2D eigenvalue weighted by Gasteiger charge is -2.10. The van der Waals surface area contributed by atoms with E-state index in [4.69, 9.17) is 0 Å². The Labute approximate surface area is 181 Å². The molecule has 2 aromatic heterocycles. The number of aromatic nitrogens is 3. The van der Waals surface area contributed by atoms with E-state index in [2.05, 4.69) is 49.6 Å². The molecular formula is C19H25IN6S. The van der Waals surface area contributed by atoms with Crippen molar-refractivity contribution in [3.05, 3.63) is 57.9 Å². The fraction of sp³-hybridized carbons (Fsp3) is 0.316. The zero-order valence-electron chi connectivity index (χ0n) is 15.7. The van der Waals surface area contributed by atoms with E-state index in [0.29, 0.717) is 6.54 Å². The highest BCUT2D eigenvalue weighted by molar-refractivity contribution is 14.0. The van der Waals surface area contributed by atoms with E-state index in [0.717, 1.165) is 46.8 Å². The smallest absolute Gasteiger partial charge is 0.191 e. The van der Waals surface area contributed by atoms with Crippen LogP contribution in [0.5, 0.6) is 0 Å². The Bertz CT molecular complexity index is 871.